The van der Waals surface area contributed by atoms with Crippen LogP contribution < -0.4 is 0 Å². The molecule has 0 rings (SSSR count). The van der Waals surface area contributed by atoms with Crippen molar-refractivity contribution in [3.05, 3.63) is 0 Å². The summed E-state index contributed by atoms with van der Waals surface area (Å²) in [6.07, 6.45) is 1.14. The Labute approximate surface area is 67.3 Å². The summed E-state index contributed by atoms with van der Waals surface area (Å²) in [7, 11) is 0. The van der Waals surface area contributed by atoms with E-state index in [9.17, 15) is 4.79 Å². The molecule has 0 fully saturated rings. The van der Waals surface area contributed by atoms with Gasteiger partial charge in [0.2, 0.25) is 0 Å². The molecular formula is C8H15NO2. The lowest BCUT2D eigenvalue weighted by molar-refractivity contribution is -0.146. The molecule has 0 unspecified atom stereocenters. The second kappa shape index (κ2) is 4.88. The first kappa shape index (κ1) is 10.1. The second-order valence-corrected chi connectivity index (χ2v) is 2.69. The Kier molecular flexibility index (Phi) is 4.50. The Bertz CT molecular complexity index is 143. The van der Waals surface area contributed by atoms with E-state index in [1.54, 1.807) is 6.92 Å². The summed E-state index contributed by atoms with van der Waals surface area (Å²) in [5.74, 6) is -0.529. The minimum atomic E-state index is -0.380. The minimum absolute atomic E-state index is 0.145. The Morgan fingerprint density at radius 3 is 2.45 bits per heavy atom. The second-order valence-electron chi connectivity index (χ2n) is 2.69. The molecule has 3 heteroatoms. The fraction of sp³-hybridized carbons (Fsp3) is 0.750. The molecular weight excluding hydrogens is 142 g/mol. The van der Waals surface area contributed by atoms with Crippen molar-refractivity contribution in [2.24, 2.45) is 11.8 Å². The zero-order valence-electron chi connectivity index (χ0n) is 7.26. The van der Waals surface area contributed by atoms with Crippen molar-refractivity contribution in [1.82, 2.24) is 0 Å². The van der Waals surface area contributed by atoms with E-state index in [0.29, 0.717) is 6.61 Å². The van der Waals surface area contributed by atoms with E-state index in [4.69, 9.17) is 10.1 Å². The van der Waals surface area contributed by atoms with Gasteiger partial charge in [-0.15, -0.1) is 0 Å². The van der Waals surface area contributed by atoms with Crippen LogP contribution in [0.4, 0.5) is 0 Å². The zero-order valence-corrected chi connectivity index (χ0v) is 7.26. The van der Waals surface area contributed by atoms with Crippen molar-refractivity contribution < 1.29 is 9.53 Å². The molecule has 64 valence electrons. The Morgan fingerprint density at radius 2 is 2.18 bits per heavy atom. The van der Waals surface area contributed by atoms with Gasteiger partial charge in [-0.1, -0.05) is 13.8 Å². The molecule has 0 heterocycles. The van der Waals surface area contributed by atoms with Crippen LogP contribution in [-0.4, -0.2) is 18.8 Å². The first-order valence-electron chi connectivity index (χ1n) is 3.80. The van der Waals surface area contributed by atoms with Gasteiger partial charge in [0.15, 0.2) is 0 Å². The Morgan fingerprint density at radius 1 is 1.64 bits per heavy atom. The highest BCUT2D eigenvalue weighted by Crippen LogP contribution is 2.09. The molecule has 0 aliphatic rings. The number of carbonyl (C=O) groups is 1. The van der Waals surface area contributed by atoms with Crippen LogP contribution in [0.5, 0.6) is 0 Å². The molecule has 0 aromatic heterocycles. The molecule has 0 bridgehead atoms. The van der Waals surface area contributed by atoms with Crippen LogP contribution >= 0.6 is 0 Å². The average molecular weight is 157 g/mol. The molecule has 0 aliphatic heterocycles. The fourth-order valence-electron chi connectivity index (χ4n) is 0.771. The van der Waals surface area contributed by atoms with Gasteiger partial charge in [-0.05, 0) is 12.8 Å². The lowest BCUT2D eigenvalue weighted by Crippen LogP contribution is -2.23. The van der Waals surface area contributed by atoms with Gasteiger partial charge in [-0.25, -0.2) is 0 Å². The van der Waals surface area contributed by atoms with Crippen molar-refractivity contribution >= 4 is 12.2 Å². The van der Waals surface area contributed by atoms with Crippen molar-refractivity contribution in [3.63, 3.8) is 0 Å². The van der Waals surface area contributed by atoms with Crippen molar-refractivity contribution in [1.29, 1.82) is 5.41 Å². The standard InChI is InChI=1S/C8H15NO2/c1-4-11-8(10)7(5-9)6(2)3/h5-7,9H,4H2,1-3H3/t7-/m0/s1. The van der Waals surface area contributed by atoms with Crippen LogP contribution in [0, 0.1) is 17.2 Å². The highest BCUT2D eigenvalue weighted by Gasteiger charge is 2.20. The Hall–Kier alpha value is -0.860. The third kappa shape index (κ3) is 3.16. The number of hydrogen-bond acceptors (Lipinski definition) is 3. The first-order valence-corrected chi connectivity index (χ1v) is 3.80. The molecule has 1 N–H and O–H groups in total. The summed E-state index contributed by atoms with van der Waals surface area (Å²) in [6, 6.07) is 0. The molecule has 0 aliphatic carbocycles. The molecule has 0 radical (unpaired) electrons. The van der Waals surface area contributed by atoms with Crippen LogP contribution in [0.15, 0.2) is 0 Å². The van der Waals surface area contributed by atoms with E-state index in [0.717, 1.165) is 6.21 Å². The largest absolute Gasteiger partial charge is 0.465 e. The van der Waals surface area contributed by atoms with Crippen LogP contribution in [0.25, 0.3) is 0 Å². The molecule has 3 nitrogen and oxygen atoms in total. The van der Waals surface area contributed by atoms with Crippen LogP contribution in [0.3, 0.4) is 0 Å². The topological polar surface area (TPSA) is 50.2 Å². The summed E-state index contributed by atoms with van der Waals surface area (Å²) in [6.45, 7) is 5.94. The maximum atomic E-state index is 11.0. The number of nitrogens with one attached hydrogen (secondary N) is 1. The normalized spacial score (nSPS) is 12.7. The summed E-state index contributed by atoms with van der Waals surface area (Å²) < 4.78 is 4.77. The van der Waals surface area contributed by atoms with Gasteiger partial charge in [0, 0.05) is 6.21 Å². The molecule has 0 saturated carbocycles. The number of ether oxygens (including phenoxy) is 1. The van der Waals surface area contributed by atoms with E-state index < -0.39 is 0 Å². The molecule has 0 amide bonds. The van der Waals surface area contributed by atoms with Crippen molar-refractivity contribution in [2.75, 3.05) is 6.61 Å². The maximum Gasteiger partial charge on any atom is 0.314 e. The first-order chi connectivity index (χ1) is 5.13. The number of hydrogen-bond donors (Lipinski definition) is 1. The van der Waals surface area contributed by atoms with E-state index in [-0.39, 0.29) is 17.8 Å². The van der Waals surface area contributed by atoms with Gasteiger partial charge in [-0.3, -0.25) is 4.79 Å². The predicted molar refractivity (Wildman–Crippen MR) is 43.7 cm³/mol. The predicted octanol–water partition coefficient (Wildman–Crippen LogP) is 1.47. The summed E-state index contributed by atoms with van der Waals surface area (Å²) in [4.78, 5) is 11.0. The quantitative estimate of drug-likeness (QED) is 0.496. The fourth-order valence-corrected chi connectivity index (χ4v) is 0.771. The lowest BCUT2D eigenvalue weighted by Gasteiger charge is -2.13. The van der Waals surface area contributed by atoms with Gasteiger partial charge in [0.05, 0.1) is 12.5 Å². The number of rotatable bonds is 4. The summed E-state index contributed by atoms with van der Waals surface area (Å²) in [5, 5.41) is 6.97. The van der Waals surface area contributed by atoms with E-state index in [2.05, 4.69) is 0 Å². The molecule has 1 atom stereocenters. The summed E-state index contributed by atoms with van der Waals surface area (Å²) in [5.41, 5.74) is 0. The number of carbonyl (C=O) groups excluding carboxylic acids is 1. The highest BCUT2D eigenvalue weighted by atomic mass is 16.5. The molecule has 0 aromatic carbocycles. The molecule has 0 spiro atoms. The van der Waals surface area contributed by atoms with Crippen LogP contribution in [-0.2, 0) is 9.53 Å². The third-order valence-electron chi connectivity index (χ3n) is 1.46. The van der Waals surface area contributed by atoms with E-state index >= 15 is 0 Å². The SMILES string of the molecule is CCOC(=O)[C@@H](C=N)C(C)C. The number of esters is 1. The zero-order chi connectivity index (χ0) is 8.85. The minimum Gasteiger partial charge on any atom is -0.465 e. The van der Waals surface area contributed by atoms with Crippen LogP contribution in [0.1, 0.15) is 20.8 Å². The van der Waals surface area contributed by atoms with E-state index in [1.807, 2.05) is 13.8 Å². The summed E-state index contributed by atoms with van der Waals surface area (Å²) >= 11 is 0. The van der Waals surface area contributed by atoms with E-state index in [1.165, 1.54) is 0 Å². The molecule has 0 saturated heterocycles. The van der Waals surface area contributed by atoms with Gasteiger partial charge in [0.1, 0.15) is 0 Å². The lowest BCUT2D eigenvalue weighted by atomic mass is 9.98. The average Bonchev–Trinajstić information content (AvgIpc) is 1.88. The Balaban J connectivity index is 4.03. The monoisotopic (exact) mass is 157 g/mol. The van der Waals surface area contributed by atoms with Gasteiger partial charge < -0.3 is 10.1 Å². The molecule has 11 heavy (non-hydrogen) atoms. The van der Waals surface area contributed by atoms with Crippen molar-refractivity contribution in [2.45, 2.75) is 20.8 Å². The third-order valence-corrected chi connectivity index (χ3v) is 1.46. The van der Waals surface area contributed by atoms with Gasteiger partial charge in [0.25, 0.3) is 0 Å². The smallest absolute Gasteiger partial charge is 0.314 e. The molecule has 0 aromatic rings. The highest BCUT2D eigenvalue weighted by molar-refractivity contribution is 5.88. The van der Waals surface area contributed by atoms with Gasteiger partial charge in [-0.2, -0.15) is 0 Å². The van der Waals surface area contributed by atoms with Crippen LogP contribution in [0.2, 0.25) is 0 Å². The van der Waals surface area contributed by atoms with Crippen molar-refractivity contribution in [3.8, 4) is 0 Å². The van der Waals surface area contributed by atoms with Gasteiger partial charge >= 0.3 is 5.97 Å². The maximum absolute atomic E-state index is 11.0.